The van der Waals surface area contributed by atoms with Gasteiger partial charge in [-0.2, -0.15) is 0 Å². The fraction of sp³-hybridized carbons (Fsp3) is 0.0435. The van der Waals surface area contributed by atoms with E-state index in [9.17, 15) is 4.79 Å². The number of benzene rings is 3. The van der Waals surface area contributed by atoms with Gasteiger partial charge in [0.15, 0.2) is 5.58 Å². The first-order chi connectivity index (χ1) is 13.1. The summed E-state index contributed by atoms with van der Waals surface area (Å²) < 4.78 is 5.84. The molecule has 0 saturated heterocycles. The summed E-state index contributed by atoms with van der Waals surface area (Å²) in [4.78, 5) is 15.7. The molecule has 1 amide bonds. The van der Waals surface area contributed by atoms with Crippen molar-refractivity contribution >= 4 is 29.2 Å². The molecule has 0 fully saturated rings. The van der Waals surface area contributed by atoms with Crippen LogP contribution < -0.4 is 5.73 Å². The molecule has 0 unspecified atom stereocenters. The van der Waals surface area contributed by atoms with Crippen molar-refractivity contribution in [1.29, 1.82) is 0 Å². The summed E-state index contributed by atoms with van der Waals surface area (Å²) in [7, 11) is 0. The van der Waals surface area contributed by atoms with Crippen LogP contribution in [0.15, 0.2) is 71.1 Å². The number of amides is 1. The van der Waals surface area contributed by atoms with E-state index in [1.807, 2.05) is 73.7 Å². The number of oxazole rings is 1. The van der Waals surface area contributed by atoms with Crippen LogP contribution in [-0.2, 0) is 0 Å². The minimum atomic E-state index is -0.421. The van der Waals surface area contributed by atoms with Crippen LogP contribution in [0.25, 0.3) is 34.7 Å². The van der Waals surface area contributed by atoms with E-state index in [1.54, 1.807) is 12.1 Å². The third kappa shape index (κ3) is 3.65. The third-order valence-electron chi connectivity index (χ3n) is 4.36. The zero-order chi connectivity index (χ0) is 18.8. The fourth-order valence-electron chi connectivity index (χ4n) is 2.85. The molecule has 0 bridgehead atoms. The van der Waals surface area contributed by atoms with Crippen LogP contribution in [0.1, 0.15) is 27.0 Å². The Morgan fingerprint density at radius 2 is 1.56 bits per heavy atom. The number of hydrogen-bond acceptors (Lipinski definition) is 3. The number of nitrogens with zero attached hydrogens (tertiary/aromatic N) is 1. The van der Waals surface area contributed by atoms with Crippen LogP contribution in [0.3, 0.4) is 0 Å². The van der Waals surface area contributed by atoms with Crippen LogP contribution >= 0.6 is 0 Å². The van der Waals surface area contributed by atoms with Crippen LogP contribution in [-0.4, -0.2) is 10.9 Å². The molecule has 1 heterocycles. The Morgan fingerprint density at radius 1 is 0.926 bits per heavy atom. The molecule has 1 aromatic heterocycles. The highest BCUT2D eigenvalue weighted by molar-refractivity contribution is 5.93. The highest BCUT2D eigenvalue weighted by Crippen LogP contribution is 2.25. The number of aryl methyl sites for hydroxylation is 1. The van der Waals surface area contributed by atoms with Crippen molar-refractivity contribution in [3.8, 4) is 11.5 Å². The number of aromatic nitrogens is 1. The van der Waals surface area contributed by atoms with Gasteiger partial charge in [0.1, 0.15) is 5.52 Å². The average Bonchev–Trinajstić information content (AvgIpc) is 3.10. The minimum Gasteiger partial charge on any atom is -0.436 e. The zero-order valence-electron chi connectivity index (χ0n) is 14.8. The van der Waals surface area contributed by atoms with Crippen molar-refractivity contribution in [2.75, 3.05) is 0 Å². The predicted octanol–water partition coefficient (Wildman–Crippen LogP) is 5.07. The Labute approximate surface area is 157 Å². The van der Waals surface area contributed by atoms with Gasteiger partial charge in [-0.3, -0.25) is 4.79 Å². The first-order valence-electron chi connectivity index (χ1n) is 8.64. The molecule has 4 aromatic rings. The molecule has 4 heteroatoms. The molecule has 4 nitrogen and oxygen atoms in total. The quantitative estimate of drug-likeness (QED) is 0.520. The second-order valence-corrected chi connectivity index (χ2v) is 6.43. The van der Waals surface area contributed by atoms with E-state index in [0.29, 0.717) is 11.5 Å². The number of carbonyl (C=O) groups excluding carboxylic acids is 1. The number of fused-ring (bicyclic) bond motifs is 1. The lowest BCUT2D eigenvalue weighted by molar-refractivity contribution is 0.100. The molecule has 0 aliphatic carbocycles. The van der Waals surface area contributed by atoms with Crippen molar-refractivity contribution < 1.29 is 9.21 Å². The molecule has 0 aliphatic heterocycles. The Morgan fingerprint density at radius 3 is 2.19 bits per heavy atom. The van der Waals surface area contributed by atoms with E-state index in [0.717, 1.165) is 33.4 Å². The van der Waals surface area contributed by atoms with Crippen LogP contribution in [0.5, 0.6) is 0 Å². The van der Waals surface area contributed by atoms with Crippen LogP contribution in [0.2, 0.25) is 0 Å². The van der Waals surface area contributed by atoms with Gasteiger partial charge in [-0.15, -0.1) is 0 Å². The van der Waals surface area contributed by atoms with E-state index < -0.39 is 5.91 Å². The van der Waals surface area contributed by atoms with Crippen molar-refractivity contribution in [3.63, 3.8) is 0 Å². The molecule has 0 spiro atoms. The fourth-order valence-corrected chi connectivity index (χ4v) is 2.85. The maximum atomic E-state index is 11.1. The zero-order valence-corrected chi connectivity index (χ0v) is 14.8. The summed E-state index contributed by atoms with van der Waals surface area (Å²) >= 11 is 0. The molecule has 0 aliphatic rings. The molecule has 0 atom stereocenters. The maximum absolute atomic E-state index is 11.1. The standard InChI is InChI=1S/C23H18N2O2/c1-15-2-13-21-20(14-15)25-23(27-21)19-11-7-17(8-12-19)4-3-16-5-9-18(10-6-16)22(24)26/h2-14H,1H3,(H2,24,26)/b4-3+. The van der Waals surface area contributed by atoms with Crippen molar-refractivity contribution in [2.45, 2.75) is 6.92 Å². The molecule has 2 N–H and O–H groups in total. The van der Waals surface area contributed by atoms with Crippen LogP contribution in [0, 0.1) is 6.92 Å². The molecular weight excluding hydrogens is 336 g/mol. The van der Waals surface area contributed by atoms with Gasteiger partial charge < -0.3 is 10.2 Å². The van der Waals surface area contributed by atoms with Crippen molar-refractivity contribution in [1.82, 2.24) is 4.98 Å². The molecule has 27 heavy (non-hydrogen) atoms. The lowest BCUT2D eigenvalue weighted by atomic mass is 10.1. The van der Waals surface area contributed by atoms with Gasteiger partial charge in [0.2, 0.25) is 11.8 Å². The van der Waals surface area contributed by atoms with E-state index in [1.165, 1.54) is 0 Å². The molecule has 132 valence electrons. The highest BCUT2D eigenvalue weighted by Gasteiger charge is 2.08. The van der Waals surface area contributed by atoms with Gasteiger partial charge in [0, 0.05) is 11.1 Å². The Bertz CT molecular complexity index is 1140. The summed E-state index contributed by atoms with van der Waals surface area (Å²) in [6.07, 6.45) is 4.00. The average molecular weight is 354 g/mol. The SMILES string of the molecule is Cc1ccc2oc(-c3ccc(/C=C/c4ccc(C(N)=O)cc4)cc3)nc2c1. The van der Waals surface area contributed by atoms with E-state index in [4.69, 9.17) is 10.2 Å². The smallest absolute Gasteiger partial charge is 0.248 e. The minimum absolute atomic E-state index is 0.421. The van der Waals surface area contributed by atoms with Gasteiger partial charge in [0.25, 0.3) is 0 Å². The molecule has 0 saturated carbocycles. The Balaban J connectivity index is 1.53. The maximum Gasteiger partial charge on any atom is 0.248 e. The molecule has 4 rings (SSSR count). The second-order valence-electron chi connectivity index (χ2n) is 6.43. The summed E-state index contributed by atoms with van der Waals surface area (Å²) in [5, 5.41) is 0. The Kier molecular flexibility index (Phi) is 4.30. The second kappa shape index (κ2) is 6.92. The van der Waals surface area contributed by atoms with Gasteiger partial charge in [-0.1, -0.05) is 42.5 Å². The number of rotatable bonds is 4. The van der Waals surface area contributed by atoms with Gasteiger partial charge in [-0.25, -0.2) is 4.98 Å². The monoisotopic (exact) mass is 354 g/mol. The lowest BCUT2D eigenvalue weighted by Crippen LogP contribution is -2.10. The topological polar surface area (TPSA) is 69.1 Å². The van der Waals surface area contributed by atoms with Gasteiger partial charge in [0.05, 0.1) is 0 Å². The normalized spacial score (nSPS) is 11.3. The molecule has 0 radical (unpaired) electrons. The number of nitrogens with two attached hydrogens (primary N) is 1. The van der Waals surface area contributed by atoms with E-state index >= 15 is 0 Å². The summed E-state index contributed by atoms with van der Waals surface area (Å²) in [5.74, 6) is 0.198. The van der Waals surface area contributed by atoms with Gasteiger partial charge >= 0.3 is 0 Å². The number of primary amides is 1. The van der Waals surface area contributed by atoms with Crippen LogP contribution in [0.4, 0.5) is 0 Å². The number of hydrogen-bond donors (Lipinski definition) is 1. The van der Waals surface area contributed by atoms with Crippen molar-refractivity contribution in [2.24, 2.45) is 5.73 Å². The predicted molar refractivity (Wildman–Crippen MR) is 108 cm³/mol. The third-order valence-corrected chi connectivity index (χ3v) is 4.36. The largest absolute Gasteiger partial charge is 0.436 e. The molecule has 3 aromatic carbocycles. The van der Waals surface area contributed by atoms with Crippen molar-refractivity contribution in [3.05, 3.63) is 89.0 Å². The summed E-state index contributed by atoms with van der Waals surface area (Å²) in [6, 6.07) is 21.2. The first-order valence-corrected chi connectivity index (χ1v) is 8.64. The summed E-state index contributed by atoms with van der Waals surface area (Å²) in [5.41, 5.74) is 11.6. The van der Waals surface area contributed by atoms with E-state index in [-0.39, 0.29) is 0 Å². The first kappa shape index (κ1) is 16.8. The van der Waals surface area contributed by atoms with E-state index in [2.05, 4.69) is 4.98 Å². The number of carbonyl (C=O) groups is 1. The summed E-state index contributed by atoms with van der Waals surface area (Å²) in [6.45, 7) is 2.04. The van der Waals surface area contributed by atoms with Gasteiger partial charge in [-0.05, 0) is 60.0 Å². The Hall–Kier alpha value is -3.66. The molecular formula is C23H18N2O2. The highest BCUT2D eigenvalue weighted by atomic mass is 16.3. The lowest BCUT2D eigenvalue weighted by Gasteiger charge is -1.99.